The Kier molecular flexibility index (Phi) is 3.63. The molecule has 4 rings (SSSR count). The number of fused-ring (bicyclic) bond motifs is 1. The van der Waals surface area contributed by atoms with Crippen LogP contribution in [0.3, 0.4) is 0 Å². The summed E-state index contributed by atoms with van der Waals surface area (Å²) in [5.41, 5.74) is 4.06. The van der Waals surface area contributed by atoms with Crippen molar-refractivity contribution in [3.05, 3.63) is 58.7 Å². The van der Waals surface area contributed by atoms with Gasteiger partial charge in [0.05, 0.1) is 22.1 Å². The third-order valence-corrected chi connectivity index (χ3v) is 4.63. The van der Waals surface area contributed by atoms with E-state index in [4.69, 9.17) is 11.6 Å². The Labute approximate surface area is 147 Å². The number of aromatic hydroxyl groups is 1. The Morgan fingerprint density at radius 1 is 1.17 bits per heavy atom. The van der Waals surface area contributed by atoms with Crippen LogP contribution in [0.2, 0.25) is 5.02 Å². The number of anilines is 2. The average molecular weight is 357 g/mol. The molecule has 3 aromatic heterocycles. The van der Waals surface area contributed by atoms with Crippen molar-refractivity contribution in [2.45, 2.75) is 6.92 Å². The number of halogens is 1. The van der Waals surface area contributed by atoms with E-state index in [0.717, 1.165) is 22.7 Å². The molecule has 7 heteroatoms. The van der Waals surface area contributed by atoms with Crippen molar-refractivity contribution in [1.82, 2.24) is 14.4 Å². The van der Waals surface area contributed by atoms with Crippen LogP contribution in [0, 0.1) is 6.92 Å². The second kappa shape index (κ2) is 5.81. The minimum atomic E-state index is 0.187. The van der Waals surface area contributed by atoms with Crippen molar-refractivity contribution in [1.29, 1.82) is 0 Å². The van der Waals surface area contributed by atoms with Gasteiger partial charge in [-0.25, -0.2) is 9.97 Å². The van der Waals surface area contributed by atoms with Crippen LogP contribution in [-0.2, 0) is 0 Å². The van der Waals surface area contributed by atoms with Crippen molar-refractivity contribution in [3.63, 3.8) is 0 Å². The van der Waals surface area contributed by atoms with E-state index < -0.39 is 0 Å². The van der Waals surface area contributed by atoms with Gasteiger partial charge in [0.2, 0.25) is 0 Å². The molecule has 3 heterocycles. The number of hydrogen-bond donors (Lipinski definition) is 2. The van der Waals surface area contributed by atoms with Crippen molar-refractivity contribution in [3.8, 4) is 17.1 Å². The number of benzene rings is 1. The standard InChI is InChI=1S/C17H13ClN4OS/c1-10-16(22-8-11(18)6-7-15(22)19-10)13-9-24-17(21-13)20-12-4-2-3-5-14(12)23/h2-9,23H,1H3,(H,20,21). The third-order valence-electron chi connectivity index (χ3n) is 3.65. The Hall–Kier alpha value is -2.57. The van der Waals surface area contributed by atoms with Gasteiger partial charge in [0, 0.05) is 11.6 Å². The van der Waals surface area contributed by atoms with Crippen LogP contribution >= 0.6 is 22.9 Å². The number of phenolic OH excluding ortho intramolecular Hbond substituents is 1. The molecule has 0 aliphatic heterocycles. The minimum absolute atomic E-state index is 0.187. The number of nitrogens with one attached hydrogen (secondary N) is 1. The maximum atomic E-state index is 9.86. The molecule has 0 atom stereocenters. The lowest BCUT2D eigenvalue weighted by Gasteiger charge is -2.04. The molecule has 4 aromatic rings. The molecule has 120 valence electrons. The lowest BCUT2D eigenvalue weighted by molar-refractivity contribution is 0.478. The number of aryl methyl sites for hydroxylation is 1. The van der Waals surface area contributed by atoms with E-state index >= 15 is 0 Å². The molecule has 1 aromatic carbocycles. The van der Waals surface area contributed by atoms with Gasteiger partial charge in [0.15, 0.2) is 5.13 Å². The Morgan fingerprint density at radius 3 is 2.83 bits per heavy atom. The van der Waals surface area contributed by atoms with Crippen LogP contribution in [-0.4, -0.2) is 19.5 Å². The molecule has 0 bridgehead atoms. The molecule has 0 spiro atoms. The van der Waals surface area contributed by atoms with Gasteiger partial charge in [-0.05, 0) is 31.2 Å². The lowest BCUT2D eigenvalue weighted by atomic mass is 10.3. The molecule has 0 saturated heterocycles. The molecule has 24 heavy (non-hydrogen) atoms. The third kappa shape index (κ3) is 2.60. The van der Waals surface area contributed by atoms with Crippen LogP contribution < -0.4 is 5.32 Å². The first-order chi connectivity index (χ1) is 11.6. The van der Waals surface area contributed by atoms with Crippen molar-refractivity contribution < 1.29 is 5.11 Å². The largest absolute Gasteiger partial charge is 0.506 e. The lowest BCUT2D eigenvalue weighted by Crippen LogP contribution is -1.92. The first-order valence-electron chi connectivity index (χ1n) is 7.27. The predicted octanol–water partition coefficient (Wildman–Crippen LogP) is 4.87. The average Bonchev–Trinajstić information content (AvgIpc) is 3.12. The van der Waals surface area contributed by atoms with Gasteiger partial charge in [-0.15, -0.1) is 11.3 Å². The van der Waals surface area contributed by atoms with Gasteiger partial charge in [-0.1, -0.05) is 23.7 Å². The number of imidazole rings is 1. The summed E-state index contributed by atoms with van der Waals surface area (Å²) in [6.45, 7) is 1.95. The number of rotatable bonds is 3. The summed E-state index contributed by atoms with van der Waals surface area (Å²) in [6.07, 6.45) is 1.84. The van der Waals surface area contributed by atoms with Gasteiger partial charge in [-0.2, -0.15) is 0 Å². The first kappa shape index (κ1) is 15.0. The van der Waals surface area contributed by atoms with E-state index in [1.54, 1.807) is 18.2 Å². The molecule has 5 nitrogen and oxygen atoms in total. The first-order valence-corrected chi connectivity index (χ1v) is 8.53. The number of nitrogens with zero attached hydrogens (tertiary/aromatic N) is 3. The van der Waals surface area contributed by atoms with Gasteiger partial charge >= 0.3 is 0 Å². The number of pyridine rings is 1. The SMILES string of the molecule is Cc1nc2ccc(Cl)cn2c1-c1csc(Nc2ccccc2O)n1. The molecular formula is C17H13ClN4OS. The number of hydrogen-bond acceptors (Lipinski definition) is 5. The summed E-state index contributed by atoms with van der Waals surface area (Å²) in [5, 5.41) is 16.3. The summed E-state index contributed by atoms with van der Waals surface area (Å²) in [6, 6.07) is 10.8. The zero-order chi connectivity index (χ0) is 16.7. The minimum Gasteiger partial charge on any atom is -0.506 e. The van der Waals surface area contributed by atoms with Crippen LogP contribution in [0.4, 0.5) is 10.8 Å². The molecule has 0 saturated carbocycles. The highest BCUT2D eigenvalue weighted by Crippen LogP contribution is 2.32. The number of aromatic nitrogens is 3. The molecule has 0 fully saturated rings. The van der Waals surface area contributed by atoms with Crippen LogP contribution in [0.25, 0.3) is 17.0 Å². The van der Waals surface area contributed by atoms with Crippen LogP contribution in [0.1, 0.15) is 5.69 Å². The second-order valence-corrected chi connectivity index (χ2v) is 6.60. The van der Waals surface area contributed by atoms with E-state index in [1.807, 2.05) is 41.1 Å². The highest BCUT2D eigenvalue weighted by Gasteiger charge is 2.15. The summed E-state index contributed by atoms with van der Waals surface area (Å²) in [7, 11) is 0. The zero-order valence-corrected chi connectivity index (χ0v) is 14.3. The number of para-hydroxylation sites is 2. The molecular weight excluding hydrogens is 344 g/mol. The summed E-state index contributed by atoms with van der Waals surface area (Å²) in [5.74, 6) is 0.187. The maximum absolute atomic E-state index is 9.86. The highest BCUT2D eigenvalue weighted by molar-refractivity contribution is 7.14. The van der Waals surface area contributed by atoms with E-state index in [0.29, 0.717) is 15.8 Å². The second-order valence-electron chi connectivity index (χ2n) is 5.30. The van der Waals surface area contributed by atoms with E-state index in [2.05, 4.69) is 15.3 Å². The van der Waals surface area contributed by atoms with Gasteiger partial charge in [-0.3, -0.25) is 4.40 Å². The van der Waals surface area contributed by atoms with Crippen LogP contribution in [0.5, 0.6) is 5.75 Å². The van der Waals surface area contributed by atoms with Gasteiger partial charge in [0.1, 0.15) is 17.1 Å². The Balaban J connectivity index is 1.74. The molecule has 0 aliphatic carbocycles. The fourth-order valence-electron chi connectivity index (χ4n) is 2.58. The monoisotopic (exact) mass is 356 g/mol. The van der Waals surface area contributed by atoms with E-state index in [-0.39, 0.29) is 5.75 Å². The summed E-state index contributed by atoms with van der Waals surface area (Å²) < 4.78 is 1.94. The van der Waals surface area contributed by atoms with E-state index in [9.17, 15) is 5.11 Å². The zero-order valence-electron chi connectivity index (χ0n) is 12.7. The van der Waals surface area contributed by atoms with Gasteiger partial charge in [0.25, 0.3) is 0 Å². The van der Waals surface area contributed by atoms with Crippen LogP contribution in [0.15, 0.2) is 48.0 Å². The predicted molar refractivity (Wildman–Crippen MR) is 97.4 cm³/mol. The fraction of sp³-hybridized carbons (Fsp3) is 0.0588. The quantitative estimate of drug-likeness (QED) is 0.514. The molecule has 0 amide bonds. The number of thiazole rings is 1. The maximum Gasteiger partial charge on any atom is 0.187 e. The fourth-order valence-corrected chi connectivity index (χ4v) is 3.45. The Bertz CT molecular complexity index is 1040. The molecule has 2 N–H and O–H groups in total. The summed E-state index contributed by atoms with van der Waals surface area (Å²) >= 11 is 7.58. The normalized spacial score (nSPS) is 11.1. The Morgan fingerprint density at radius 2 is 2.00 bits per heavy atom. The summed E-state index contributed by atoms with van der Waals surface area (Å²) in [4.78, 5) is 9.17. The van der Waals surface area contributed by atoms with Crippen molar-refractivity contribution in [2.24, 2.45) is 0 Å². The smallest absolute Gasteiger partial charge is 0.187 e. The van der Waals surface area contributed by atoms with E-state index in [1.165, 1.54) is 11.3 Å². The van der Waals surface area contributed by atoms with Gasteiger partial charge < -0.3 is 10.4 Å². The molecule has 0 unspecified atom stereocenters. The topological polar surface area (TPSA) is 62.5 Å². The molecule has 0 aliphatic rings. The van der Waals surface area contributed by atoms with Crippen molar-refractivity contribution >= 4 is 39.4 Å². The number of phenols is 1. The highest BCUT2D eigenvalue weighted by atomic mass is 35.5. The van der Waals surface area contributed by atoms with Crippen molar-refractivity contribution in [2.75, 3.05) is 5.32 Å². The molecule has 0 radical (unpaired) electrons.